The number of nitriles is 1. The zero-order chi connectivity index (χ0) is 34.6. The van der Waals surface area contributed by atoms with Gasteiger partial charge in [-0.3, -0.25) is 29.1 Å². The predicted octanol–water partition coefficient (Wildman–Crippen LogP) is 4.50. The maximum absolute atomic E-state index is 13.8. The number of fused-ring (bicyclic) bond motifs is 10. The van der Waals surface area contributed by atoms with Crippen molar-refractivity contribution in [2.24, 2.45) is 0 Å². The van der Waals surface area contributed by atoms with Gasteiger partial charge in [0.05, 0.1) is 36.4 Å². The maximum Gasteiger partial charge on any atom is 0.308 e. The number of ether oxygens (including phenoxy) is 4. The van der Waals surface area contributed by atoms with E-state index in [2.05, 4.69) is 31.8 Å². The highest BCUT2D eigenvalue weighted by molar-refractivity contribution is 9.10. The van der Waals surface area contributed by atoms with Gasteiger partial charge in [0.2, 0.25) is 6.79 Å². The number of carbonyl (C=O) groups is 3. The zero-order valence-corrected chi connectivity index (χ0v) is 29.1. The molecule has 8 rings (SSSR count). The van der Waals surface area contributed by atoms with Gasteiger partial charge in [-0.15, -0.1) is 0 Å². The van der Waals surface area contributed by atoms with Gasteiger partial charge in [0.25, 0.3) is 11.8 Å². The summed E-state index contributed by atoms with van der Waals surface area (Å²) in [6.07, 6.45) is 0.736. The molecule has 5 aliphatic heterocycles. The Morgan fingerprint density at radius 1 is 1.02 bits per heavy atom. The van der Waals surface area contributed by atoms with Crippen molar-refractivity contribution >= 4 is 33.7 Å². The summed E-state index contributed by atoms with van der Waals surface area (Å²) in [6.45, 7) is 4.82. The number of rotatable bonds is 4. The van der Waals surface area contributed by atoms with Gasteiger partial charge in [0.1, 0.15) is 11.8 Å². The van der Waals surface area contributed by atoms with Crippen LogP contribution in [0.15, 0.2) is 28.7 Å². The van der Waals surface area contributed by atoms with Gasteiger partial charge in [-0.2, -0.15) is 5.26 Å². The summed E-state index contributed by atoms with van der Waals surface area (Å²) in [6, 6.07) is 6.55. The second-order valence-corrected chi connectivity index (χ2v) is 14.0. The molecule has 3 aromatic carbocycles. The van der Waals surface area contributed by atoms with Gasteiger partial charge in [-0.1, -0.05) is 28.1 Å². The quantitative estimate of drug-likeness (QED) is 0.231. The lowest BCUT2D eigenvalue weighted by atomic mass is 9.71. The van der Waals surface area contributed by atoms with E-state index in [1.165, 1.54) is 18.9 Å². The van der Waals surface area contributed by atoms with Gasteiger partial charge in [0, 0.05) is 57.8 Å². The minimum absolute atomic E-state index is 0.0219. The summed E-state index contributed by atoms with van der Waals surface area (Å²) in [5.74, 6) is 0.159. The van der Waals surface area contributed by atoms with Crippen molar-refractivity contribution < 1.29 is 38.4 Å². The maximum atomic E-state index is 13.8. The molecule has 0 aromatic heterocycles. The number of carbonyl (C=O) groups excluding carboxylic acids is 3. The van der Waals surface area contributed by atoms with E-state index >= 15 is 0 Å². The highest BCUT2D eigenvalue weighted by Crippen LogP contribution is 2.59. The van der Waals surface area contributed by atoms with E-state index in [0.29, 0.717) is 69.2 Å². The summed E-state index contributed by atoms with van der Waals surface area (Å²) in [7, 11) is 3.47. The number of likely N-dealkylation sites (N-methyl/N-ethyl adjacent to an activating group) is 1. The second-order valence-electron chi connectivity index (χ2n) is 13.2. The number of hydrogen-bond acceptors (Lipinski definition) is 11. The van der Waals surface area contributed by atoms with Crippen LogP contribution in [0.25, 0.3) is 0 Å². The Morgan fingerprint density at radius 3 is 2.31 bits per heavy atom. The van der Waals surface area contributed by atoms with E-state index in [1.54, 1.807) is 31.2 Å². The van der Waals surface area contributed by atoms with Crippen LogP contribution in [0.5, 0.6) is 28.7 Å². The molecule has 13 heteroatoms. The molecule has 1 N–H and O–H groups in total. The molecular formula is C36H33BrN4O8. The highest BCUT2D eigenvalue weighted by Gasteiger charge is 2.58. The first-order valence-corrected chi connectivity index (χ1v) is 16.8. The first-order valence-electron chi connectivity index (χ1n) is 16.0. The van der Waals surface area contributed by atoms with Crippen LogP contribution in [0.2, 0.25) is 0 Å². The number of piperazine rings is 1. The average Bonchev–Trinajstić information content (AvgIpc) is 3.66. The number of aromatic hydroxyl groups is 1. The van der Waals surface area contributed by atoms with Crippen LogP contribution in [0.1, 0.15) is 73.1 Å². The molecule has 0 aliphatic carbocycles. The Hall–Kier alpha value is -4.64. The van der Waals surface area contributed by atoms with Crippen molar-refractivity contribution in [3.8, 4) is 34.8 Å². The Labute approximate surface area is 290 Å². The average molecular weight is 730 g/mol. The van der Waals surface area contributed by atoms with Crippen molar-refractivity contribution in [1.82, 2.24) is 14.7 Å². The fourth-order valence-electron chi connectivity index (χ4n) is 8.88. The molecule has 5 aliphatic rings. The van der Waals surface area contributed by atoms with E-state index < -0.39 is 42.0 Å². The van der Waals surface area contributed by atoms with Crippen LogP contribution in [-0.4, -0.2) is 83.2 Å². The molecule has 1 fully saturated rings. The summed E-state index contributed by atoms with van der Waals surface area (Å²) >= 11 is 3.78. The van der Waals surface area contributed by atoms with Crippen molar-refractivity contribution in [3.63, 3.8) is 0 Å². The minimum atomic E-state index is -0.760. The van der Waals surface area contributed by atoms with Crippen LogP contribution >= 0.6 is 15.9 Å². The number of halogens is 1. The van der Waals surface area contributed by atoms with E-state index in [-0.39, 0.29) is 25.1 Å². The molecule has 5 atom stereocenters. The molecule has 1 saturated heterocycles. The summed E-state index contributed by atoms with van der Waals surface area (Å²) in [5, 5.41) is 22.8. The van der Waals surface area contributed by atoms with Gasteiger partial charge in [0.15, 0.2) is 23.0 Å². The Bertz CT molecular complexity index is 2020. The number of nitrogens with zero attached hydrogens (tertiary/aromatic N) is 4. The number of methoxy groups -OCH3 is 1. The third-order valence-electron chi connectivity index (χ3n) is 10.9. The third-order valence-corrected chi connectivity index (χ3v) is 12.0. The molecule has 0 radical (unpaired) electrons. The van der Waals surface area contributed by atoms with Crippen molar-refractivity contribution in [2.45, 2.75) is 63.8 Å². The molecule has 1 unspecified atom stereocenters. The summed E-state index contributed by atoms with van der Waals surface area (Å²) in [5.41, 5.74) is 4.80. The van der Waals surface area contributed by atoms with Gasteiger partial charge in [-0.25, -0.2) is 0 Å². The summed E-state index contributed by atoms with van der Waals surface area (Å²) in [4.78, 5) is 45.7. The van der Waals surface area contributed by atoms with Gasteiger partial charge in [-0.05, 0) is 51.4 Å². The van der Waals surface area contributed by atoms with Crippen LogP contribution in [-0.2, 0) is 17.6 Å². The molecule has 252 valence electrons. The van der Waals surface area contributed by atoms with Crippen LogP contribution in [0.4, 0.5) is 0 Å². The van der Waals surface area contributed by atoms with E-state index in [4.69, 9.17) is 18.9 Å². The fourth-order valence-corrected chi connectivity index (χ4v) is 9.44. The number of benzene rings is 3. The van der Waals surface area contributed by atoms with Gasteiger partial charge >= 0.3 is 5.97 Å². The predicted molar refractivity (Wildman–Crippen MR) is 177 cm³/mol. The largest absolute Gasteiger partial charge is 0.504 e. The minimum Gasteiger partial charge on any atom is -0.504 e. The molecule has 0 spiro atoms. The molecular weight excluding hydrogens is 696 g/mol. The van der Waals surface area contributed by atoms with Crippen molar-refractivity contribution in [2.75, 3.05) is 27.5 Å². The van der Waals surface area contributed by atoms with E-state index in [9.17, 15) is 24.8 Å². The van der Waals surface area contributed by atoms with Crippen LogP contribution in [0, 0.1) is 25.2 Å². The Balaban J connectivity index is 1.39. The molecule has 3 aromatic rings. The highest BCUT2D eigenvalue weighted by atomic mass is 79.9. The monoisotopic (exact) mass is 728 g/mol. The second kappa shape index (κ2) is 11.2. The van der Waals surface area contributed by atoms with E-state index in [1.807, 2.05) is 14.0 Å². The number of imide groups is 1. The molecule has 12 nitrogen and oxygen atoms in total. The lowest BCUT2D eigenvalue weighted by molar-refractivity contribution is -0.132. The van der Waals surface area contributed by atoms with Crippen molar-refractivity contribution in [1.29, 1.82) is 5.26 Å². The Morgan fingerprint density at radius 2 is 1.67 bits per heavy atom. The van der Waals surface area contributed by atoms with Gasteiger partial charge < -0.3 is 24.1 Å². The lowest BCUT2D eigenvalue weighted by Gasteiger charge is -2.60. The third kappa shape index (κ3) is 4.23. The standard InChI is InChI=1S/C36H33BrN4O8/c1-15-28(37)20-10-22-24(12-38)41-23(29(39(22)4)27(20)30(43)32(15)46-5)11-21-26(34-33(47-14-48-34)16(2)31(21)49-17(3)42)25(41)13-40-35(44)18-8-6-7-9-19(18)36(40)45/h6-9,22-25,29,43H,10-11,13-14H2,1-5H3/t22-,23+,24+,25+,29?/m1/s1. The van der Waals surface area contributed by atoms with Crippen LogP contribution in [0.3, 0.4) is 0 Å². The molecule has 49 heavy (non-hydrogen) atoms. The van der Waals surface area contributed by atoms with Crippen LogP contribution < -0.4 is 18.9 Å². The van der Waals surface area contributed by atoms with Crippen molar-refractivity contribution in [3.05, 3.63) is 73.2 Å². The zero-order valence-electron chi connectivity index (χ0n) is 27.5. The molecule has 5 heterocycles. The lowest BCUT2D eigenvalue weighted by Crippen LogP contribution is -2.69. The SMILES string of the molecule is COc1c(C)c(Br)c2c(c1O)C1[C@@H]3Cc4c(OC(C)=O)c(C)c5c(c4[C@H](CN4C(=O)c6ccccc6C4=O)N3[C@@H](C#N)[C@@H](C2)N1C)OCO5. The Kier molecular flexibility index (Phi) is 7.22. The number of phenolic OH excluding ortho intramolecular Hbond substituents is 1. The number of phenols is 1. The summed E-state index contributed by atoms with van der Waals surface area (Å²) < 4.78 is 24.4. The number of amides is 2. The number of esters is 1. The first-order chi connectivity index (χ1) is 23.5. The molecule has 0 saturated carbocycles. The number of hydrogen-bond donors (Lipinski definition) is 1. The molecule has 2 amide bonds. The fraction of sp³-hybridized carbons (Fsp3) is 0.389. The smallest absolute Gasteiger partial charge is 0.308 e. The van der Waals surface area contributed by atoms with E-state index in [0.717, 1.165) is 15.6 Å². The first kappa shape index (κ1) is 31.6. The molecule has 2 bridgehead atoms. The normalized spacial score (nSPS) is 24.9. The topological polar surface area (TPSA) is 142 Å².